The van der Waals surface area contributed by atoms with Crippen LogP contribution in [0.2, 0.25) is 0 Å². The Morgan fingerprint density at radius 2 is 1.82 bits per heavy atom. The van der Waals surface area contributed by atoms with Gasteiger partial charge in [0.1, 0.15) is 0 Å². The molecule has 0 bridgehead atoms. The van der Waals surface area contributed by atoms with Gasteiger partial charge in [-0.25, -0.2) is 0 Å². The van der Waals surface area contributed by atoms with Gasteiger partial charge in [0.15, 0.2) is 0 Å². The van der Waals surface area contributed by atoms with Crippen LogP contribution in [-0.4, -0.2) is 36.8 Å². The maximum Gasteiger partial charge on any atom is 0.0656 e. The van der Waals surface area contributed by atoms with E-state index in [4.69, 9.17) is 0 Å². The number of rotatable bonds is 11. The predicted octanol–water partition coefficient (Wildman–Crippen LogP) is 7.54. The van der Waals surface area contributed by atoms with Crippen molar-refractivity contribution in [2.24, 2.45) is 10.9 Å². The molecule has 1 heterocycles. The van der Waals surface area contributed by atoms with E-state index in [2.05, 4.69) is 98.4 Å². The van der Waals surface area contributed by atoms with Crippen LogP contribution in [0.3, 0.4) is 0 Å². The summed E-state index contributed by atoms with van der Waals surface area (Å²) in [6, 6.07) is 16.7. The van der Waals surface area contributed by atoms with Gasteiger partial charge in [0.05, 0.1) is 5.70 Å². The average Bonchev–Trinajstić information content (AvgIpc) is 2.84. The molecule has 0 aromatic heterocycles. The smallest absolute Gasteiger partial charge is 0.0656 e. The van der Waals surface area contributed by atoms with Gasteiger partial charge in [-0.05, 0) is 99.7 Å². The number of aliphatic imine (C=N–C) groups is 1. The zero-order valence-electron chi connectivity index (χ0n) is 22.1. The molecular weight excluding hydrogens is 414 g/mol. The number of likely N-dealkylation sites (tertiary alicyclic amines) is 1. The lowest BCUT2D eigenvalue weighted by Crippen LogP contribution is -2.42. The molecule has 1 aliphatic rings. The molecule has 1 N–H and O–H groups in total. The van der Waals surface area contributed by atoms with E-state index in [1.807, 2.05) is 6.21 Å². The SMILES string of the molecule is C/C=C(\N=CCC)c1cc(C)cc(NCCc2ccc(CCN3CCC(C)CC3CC)cc2)c1. The zero-order chi connectivity index (χ0) is 24.3. The number of aryl methyl sites for hydroxylation is 1. The van der Waals surface area contributed by atoms with Crippen LogP contribution in [0.4, 0.5) is 5.69 Å². The fourth-order valence-corrected chi connectivity index (χ4v) is 5.05. The van der Waals surface area contributed by atoms with E-state index in [9.17, 15) is 0 Å². The van der Waals surface area contributed by atoms with Crippen LogP contribution in [0, 0.1) is 12.8 Å². The molecule has 2 aromatic carbocycles. The van der Waals surface area contributed by atoms with E-state index >= 15 is 0 Å². The molecule has 3 heteroatoms. The summed E-state index contributed by atoms with van der Waals surface area (Å²) in [5.74, 6) is 0.889. The molecule has 184 valence electrons. The molecule has 2 atom stereocenters. The van der Waals surface area contributed by atoms with Crippen LogP contribution in [0.5, 0.6) is 0 Å². The van der Waals surface area contributed by atoms with E-state index in [-0.39, 0.29) is 0 Å². The Hall–Kier alpha value is -2.39. The number of piperidine rings is 1. The zero-order valence-corrected chi connectivity index (χ0v) is 22.1. The van der Waals surface area contributed by atoms with Gasteiger partial charge in [-0.2, -0.15) is 0 Å². The van der Waals surface area contributed by atoms with Gasteiger partial charge in [-0.15, -0.1) is 0 Å². The number of anilines is 1. The normalized spacial score (nSPS) is 19.6. The van der Waals surface area contributed by atoms with Gasteiger partial charge in [-0.3, -0.25) is 4.99 Å². The highest BCUT2D eigenvalue weighted by Gasteiger charge is 2.24. The van der Waals surface area contributed by atoms with Gasteiger partial charge < -0.3 is 10.2 Å². The summed E-state index contributed by atoms with van der Waals surface area (Å²) in [6.07, 6.45) is 11.2. The van der Waals surface area contributed by atoms with Gasteiger partial charge in [-0.1, -0.05) is 51.1 Å². The number of allylic oxidation sites excluding steroid dienone is 1. The van der Waals surface area contributed by atoms with Crippen molar-refractivity contribution >= 4 is 17.6 Å². The van der Waals surface area contributed by atoms with Crippen LogP contribution < -0.4 is 5.32 Å². The lowest BCUT2D eigenvalue weighted by atomic mass is 9.91. The molecule has 34 heavy (non-hydrogen) atoms. The summed E-state index contributed by atoms with van der Waals surface area (Å²) in [5.41, 5.74) is 7.48. The van der Waals surface area contributed by atoms with Crippen molar-refractivity contribution in [2.45, 2.75) is 79.2 Å². The van der Waals surface area contributed by atoms with Crippen molar-refractivity contribution in [3.8, 4) is 0 Å². The molecule has 1 aliphatic heterocycles. The molecule has 3 rings (SSSR count). The van der Waals surface area contributed by atoms with E-state index in [0.717, 1.165) is 43.5 Å². The molecule has 1 saturated heterocycles. The van der Waals surface area contributed by atoms with E-state index < -0.39 is 0 Å². The minimum atomic E-state index is 0.776. The molecule has 2 unspecified atom stereocenters. The fraction of sp³-hybridized carbons (Fsp3) is 0.516. The molecule has 0 aliphatic carbocycles. The second-order valence-electron chi connectivity index (χ2n) is 9.95. The van der Waals surface area contributed by atoms with Crippen LogP contribution in [0.15, 0.2) is 53.5 Å². The number of hydrogen-bond donors (Lipinski definition) is 1. The van der Waals surface area contributed by atoms with Crippen molar-refractivity contribution < 1.29 is 0 Å². The Morgan fingerprint density at radius 1 is 1.09 bits per heavy atom. The summed E-state index contributed by atoms with van der Waals surface area (Å²) < 4.78 is 0. The number of benzene rings is 2. The van der Waals surface area contributed by atoms with Crippen molar-refractivity contribution in [3.63, 3.8) is 0 Å². The van der Waals surface area contributed by atoms with Gasteiger partial charge in [0.25, 0.3) is 0 Å². The average molecular weight is 460 g/mol. The topological polar surface area (TPSA) is 27.6 Å². The first-order valence-corrected chi connectivity index (χ1v) is 13.4. The molecule has 0 radical (unpaired) electrons. The maximum atomic E-state index is 4.61. The maximum absolute atomic E-state index is 4.61. The summed E-state index contributed by atoms with van der Waals surface area (Å²) in [5, 5.41) is 3.62. The van der Waals surface area contributed by atoms with E-state index in [1.165, 1.54) is 60.3 Å². The standard InChI is InChI=1S/C31H45N3/c1-6-16-33-31(8-3)28-20-25(5)21-29(23-28)32-17-13-26-9-11-27(12-10-26)15-19-34-18-14-24(4)22-30(34)7-2/h8-12,16,20-21,23-24,30,32H,6-7,13-15,17-19,22H2,1-5H3/b31-8-,33-16?. The minimum Gasteiger partial charge on any atom is -0.385 e. The highest BCUT2D eigenvalue weighted by molar-refractivity contribution is 5.75. The van der Waals surface area contributed by atoms with Crippen molar-refractivity contribution in [2.75, 3.05) is 25.0 Å². The summed E-state index contributed by atoms with van der Waals surface area (Å²) >= 11 is 0. The monoisotopic (exact) mass is 459 g/mol. The molecule has 0 saturated carbocycles. The molecule has 3 nitrogen and oxygen atoms in total. The lowest BCUT2D eigenvalue weighted by Gasteiger charge is -2.38. The highest BCUT2D eigenvalue weighted by Crippen LogP contribution is 2.25. The van der Waals surface area contributed by atoms with Crippen molar-refractivity contribution in [1.29, 1.82) is 0 Å². The Bertz CT molecular complexity index is 942. The molecule has 2 aromatic rings. The highest BCUT2D eigenvalue weighted by atomic mass is 15.2. The van der Waals surface area contributed by atoms with Gasteiger partial charge in [0, 0.05) is 36.6 Å². The Kier molecular flexibility index (Phi) is 10.4. The van der Waals surface area contributed by atoms with Gasteiger partial charge >= 0.3 is 0 Å². The van der Waals surface area contributed by atoms with Gasteiger partial charge in [0.2, 0.25) is 0 Å². The van der Waals surface area contributed by atoms with Crippen LogP contribution in [0.1, 0.15) is 75.6 Å². The molecular formula is C31H45N3. The summed E-state index contributed by atoms with van der Waals surface area (Å²) in [6.45, 7) is 14.5. The lowest BCUT2D eigenvalue weighted by molar-refractivity contribution is 0.116. The summed E-state index contributed by atoms with van der Waals surface area (Å²) in [7, 11) is 0. The number of hydrogen-bond acceptors (Lipinski definition) is 3. The van der Waals surface area contributed by atoms with Crippen molar-refractivity contribution in [1.82, 2.24) is 4.90 Å². The minimum absolute atomic E-state index is 0.776. The summed E-state index contributed by atoms with van der Waals surface area (Å²) in [4.78, 5) is 7.33. The number of nitrogens with one attached hydrogen (secondary N) is 1. The van der Waals surface area contributed by atoms with E-state index in [0.29, 0.717) is 0 Å². The second kappa shape index (κ2) is 13.5. The Balaban J connectivity index is 1.50. The molecule has 1 fully saturated rings. The molecule has 0 spiro atoms. The van der Waals surface area contributed by atoms with Crippen LogP contribution in [0.25, 0.3) is 5.70 Å². The first kappa shape index (κ1) is 26.2. The number of nitrogens with zero attached hydrogens (tertiary/aromatic N) is 2. The Morgan fingerprint density at radius 3 is 2.50 bits per heavy atom. The fourth-order valence-electron chi connectivity index (χ4n) is 5.05. The third kappa shape index (κ3) is 7.84. The largest absolute Gasteiger partial charge is 0.385 e. The third-order valence-corrected chi connectivity index (χ3v) is 7.08. The van der Waals surface area contributed by atoms with E-state index in [1.54, 1.807) is 0 Å². The Labute approximate surface area is 208 Å². The predicted molar refractivity (Wildman–Crippen MR) is 150 cm³/mol. The quantitative estimate of drug-likeness (QED) is 0.351. The third-order valence-electron chi connectivity index (χ3n) is 7.08. The second-order valence-corrected chi connectivity index (χ2v) is 9.95. The molecule has 0 amide bonds. The van der Waals surface area contributed by atoms with Crippen LogP contribution >= 0.6 is 0 Å². The first-order chi connectivity index (χ1) is 16.5. The first-order valence-electron chi connectivity index (χ1n) is 13.4. The van der Waals surface area contributed by atoms with Crippen LogP contribution in [-0.2, 0) is 12.8 Å². The van der Waals surface area contributed by atoms with Crippen molar-refractivity contribution in [3.05, 3.63) is 70.8 Å².